The Hall–Kier alpha value is -6.04. The summed E-state index contributed by atoms with van der Waals surface area (Å²) in [7, 11) is -2.91. The van der Waals surface area contributed by atoms with Crippen LogP contribution in [0, 0.1) is 11.8 Å². The smallest absolute Gasteiger partial charge is 0.179 e. The summed E-state index contributed by atoms with van der Waals surface area (Å²) >= 11 is 0. The molecule has 0 amide bonds. The molecule has 8 rings (SSSR count). The maximum absolute atomic E-state index is 5.13. The molecule has 0 aliphatic carbocycles. The minimum atomic E-state index is -2.91. The second-order valence-electron chi connectivity index (χ2n) is 18.2. The predicted molar refractivity (Wildman–Crippen MR) is 260 cm³/mol. The van der Waals surface area contributed by atoms with Crippen molar-refractivity contribution in [3.8, 4) is 33.9 Å². The zero-order valence-electron chi connectivity index (χ0n) is 37.2. The van der Waals surface area contributed by atoms with Crippen molar-refractivity contribution in [2.45, 2.75) is 80.1 Å². The summed E-state index contributed by atoms with van der Waals surface area (Å²) in [5.74, 6) is 1.88. The molecule has 5 heteroatoms. The monoisotopic (exact) mass is 816 g/mol. The molecule has 0 unspecified atom stereocenters. The summed E-state index contributed by atoms with van der Waals surface area (Å²) in [4.78, 5) is 10.2. The number of rotatable bonds is 14. The first kappa shape index (κ1) is 41.7. The number of benzene rings is 6. The molecule has 0 aliphatic heterocycles. The summed E-state index contributed by atoms with van der Waals surface area (Å²) in [5.41, 5.74) is 12.1. The summed E-state index contributed by atoms with van der Waals surface area (Å²) in [6, 6.07) is 54.4. The van der Waals surface area contributed by atoms with E-state index in [0.29, 0.717) is 23.7 Å². The Morgan fingerprint density at radius 3 is 1.25 bits per heavy atom. The maximum Gasteiger partial charge on any atom is 0.179 e. The van der Waals surface area contributed by atoms with E-state index in [2.05, 4.69) is 223 Å². The van der Waals surface area contributed by atoms with Gasteiger partial charge in [0.15, 0.2) is 8.07 Å². The molecule has 4 nitrogen and oxygen atoms in total. The molecule has 2 heterocycles. The van der Waals surface area contributed by atoms with E-state index in [1.807, 2.05) is 12.7 Å². The first-order valence-corrected chi connectivity index (χ1v) is 24.2. The molecule has 2 aromatic heterocycles. The molecule has 0 radical (unpaired) electrons. The highest BCUT2D eigenvalue weighted by Crippen LogP contribution is 2.33. The lowest BCUT2D eigenvalue weighted by molar-refractivity contribution is 0.631. The van der Waals surface area contributed by atoms with E-state index in [4.69, 9.17) is 9.97 Å². The molecule has 0 atom stereocenters. The van der Waals surface area contributed by atoms with E-state index in [9.17, 15) is 0 Å². The van der Waals surface area contributed by atoms with Gasteiger partial charge in [-0.2, -0.15) is 0 Å². The predicted octanol–water partition coefficient (Wildman–Crippen LogP) is 11.4. The lowest BCUT2D eigenvalue weighted by Crippen LogP contribution is -2.74. The van der Waals surface area contributed by atoms with Crippen molar-refractivity contribution in [3.05, 3.63) is 193 Å². The van der Waals surface area contributed by atoms with Gasteiger partial charge in [-0.25, -0.2) is 9.97 Å². The minimum absolute atomic E-state index is 0.388. The molecule has 0 bridgehead atoms. The highest BCUT2D eigenvalue weighted by Gasteiger charge is 2.42. The third-order valence-electron chi connectivity index (χ3n) is 12.1. The average molecular weight is 817 g/mol. The number of hydrogen-bond acceptors (Lipinski definition) is 2. The van der Waals surface area contributed by atoms with E-state index in [1.54, 1.807) is 0 Å². The Morgan fingerprint density at radius 2 is 0.820 bits per heavy atom. The second-order valence-corrected chi connectivity index (χ2v) is 22.0. The standard InChI is InChI=1S/C56H60N4Si/c1-39(2)31-45-21-15-22-46(32-40(3)4)55(45)59-35-53(57-37-59)43-19-16-27-49(33-43)61(47-23-11-9-12-24-47,48-25-13-10-14-26-48)50-28-17-20-44(34-50)54-36-60(38-58-54)56-51(41(5)6)29-18-30-52(56)42(7)8/h9-30,33-42H,31-32H2,1-8H3. The van der Waals surface area contributed by atoms with Gasteiger partial charge in [0, 0.05) is 23.5 Å². The fourth-order valence-electron chi connectivity index (χ4n) is 9.38. The van der Waals surface area contributed by atoms with Crippen molar-refractivity contribution in [2.75, 3.05) is 0 Å². The van der Waals surface area contributed by atoms with Crippen LogP contribution in [-0.2, 0) is 12.8 Å². The molecule has 8 aromatic rings. The second kappa shape index (κ2) is 17.9. The summed E-state index contributed by atoms with van der Waals surface area (Å²) in [6.45, 7) is 18.3. The SMILES string of the molecule is CC(C)Cc1cccc(CC(C)C)c1-n1cnc(-c2cccc([Si](c3ccccc3)(c3ccccc3)c3cccc(-c4cn(-c5c(C(C)C)cccc5C(C)C)cn4)c3)c2)c1. The highest BCUT2D eigenvalue weighted by atomic mass is 28.3. The fourth-order valence-corrected chi connectivity index (χ4v) is 14.2. The minimum Gasteiger partial charge on any atom is -0.305 e. The topological polar surface area (TPSA) is 35.6 Å². The molecule has 0 spiro atoms. The van der Waals surface area contributed by atoms with Crippen molar-refractivity contribution >= 4 is 28.8 Å². The van der Waals surface area contributed by atoms with Crippen LogP contribution in [0.3, 0.4) is 0 Å². The van der Waals surface area contributed by atoms with E-state index < -0.39 is 8.07 Å². The van der Waals surface area contributed by atoms with E-state index in [1.165, 1.54) is 54.4 Å². The van der Waals surface area contributed by atoms with E-state index in [0.717, 1.165) is 35.4 Å². The van der Waals surface area contributed by atoms with Crippen LogP contribution in [0.2, 0.25) is 0 Å². The first-order chi connectivity index (χ1) is 29.5. The van der Waals surface area contributed by atoms with Crippen LogP contribution in [0.4, 0.5) is 0 Å². The molecule has 0 saturated heterocycles. The van der Waals surface area contributed by atoms with Crippen molar-refractivity contribution in [3.63, 3.8) is 0 Å². The molecule has 0 aliphatic rings. The van der Waals surface area contributed by atoms with Crippen LogP contribution >= 0.6 is 0 Å². The number of aromatic nitrogens is 4. The van der Waals surface area contributed by atoms with Gasteiger partial charge in [-0.15, -0.1) is 0 Å². The summed E-state index contributed by atoms with van der Waals surface area (Å²) in [5, 5.41) is 5.29. The lowest BCUT2D eigenvalue weighted by atomic mass is 9.92. The molecule has 0 fully saturated rings. The Morgan fingerprint density at radius 1 is 0.426 bits per heavy atom. The van der Waals surface area contributed by atoms with Crippen LogP contribution in [0.15, 0.2) is 171 Å². The Balaban J connectivity index is 1.28. The van der Waals surface area contributed by atoms with Gasteiger partial charge in [0.25, 0.3) is 0 Å². The third kappa shape index (κ3) is 8.37. The molecule has 0 N–H and O–H groups in total. The van der Waals surface area contributed by atoms with Gasteiger partial charge in [-0.3, -0.25) is 0 Å². The fraction of sp³-hybridized carbons (Fsp3) is 0.250. The first-order valence-electron chi connectivity index (χ1n) is 22.2. The summed E-state index contributed by atoms with van der Waals surface area (Å²) < 4.78 is 4.53. The van der Waals surface area contributed by atoms with Crippen molar-refractivity contribution in [1.82, 2.24) is 19.1 Å². The van der Waals surface area contributed by atoms with Crippen LogP contribution in [0.1, 0.15) is 89.5 Å². The molecule has 61 heavy (non-hydrogen) atoms. The van der Waals surface area contributed by atoms with E-state index >= 15 is 0 Å². The van der Waals surface area contributed by atoms with Gasteiger partial charge >= 0.3 is 0 Å². The van der Waals surface area contributed by atoms with Crippen LogP contribution in [0.25, 0.3) is 33.9 Å². The number of imidazole rings is 2. The Bertz CT molecular complexity index is 2630. The maximum atomic E-state index is 5.13. The molecular formula is C56H60N4Si. The van der Waals surface area contributed by atoms with Gasteiger partial charge in [-0.05, 0) is 79.5 Å². The van der Waals surface area contributed by atoms with Gasteiger partial charge in [0.05, 0.1) is 35.4 Å². The number of nitrogens with zero attached hydrogens (tertiary/aromatic N) is 4. The third-order valence-corrected chi connectivity index (χ3v) is 16.8. The van der Waals surface area contributed by atoms with Gasteiger partial charge in [0.1, 0.15) is 0 Å². The highest BCUT2D eigenvalue weighted by molar-refractivity contribution is 7.20. The van der Waals surface area contributed by atoms with Crippen molar-refractivity contribution < 1.29 is 0 Å². The molecular weight excluding hydrogens is 757 g/mol. The number of hydrogen-bond donors (Lipinski definition) is 0. The van der Waals surface area contributed by atoms with Crippen LogP contribution in [-0.4, -0.2) is 27.2 Å². The lowest BCUT2D eigenvalue weighted by Gasteiger charge is -2.35. The van der Waals surface area contributed by atoms with Gasteiger partial charge in [-0.1, -0.05) is 201 Å². The Kier molecular flexibility index (Phi) is 12.2. The normalized spacial score (nSPS) is 12.0. The number of para-hydroxylation sites is 2. The quantitative estimate of drug-likeness (QED) is 0.0809. The molecule has 0 saturated carbocycles. The van der Waals surface area contributed by atoms with Crippen molar-refractivity contribution in [1.29, 1.82) is 0 Å². The zero-order chi connectivity index (χ0) is 42.7. The largest absolute Gasteiger partial charge is 0.305 e. The van der Waals surface area contributed by atoms with Gasteiger partial charge < -0.3 is 9.13 Å². The van der Waals surface area contributed by atoms with Crippen molar-refractivity contribution in [2.24, 2.45) is 11.8 Å². The average Bonchev–Trinajstić information content (AvgIpc) is 3.96. The van der Waals surface area contributed by atoms with Crippen LogP contribution in [0.5, 0.6) is 0 Å². The molecule has 308 valence electrons. The summed E-state index contributed by atoms with van der Waals surface area (Å²) in [6.07, 6.45) is 10.5. The van der Waals surface area contributed by atoms with Crippen LogP contribution < -0.4 is 20.7 Å². The molecule has 6 aromatic carbocycles. The van der Waals surface area contributed by atoms with Gasteiger partial charge in [0.2, 0.25) is 0 Å². The zero-order valence-corrected chi connectivity index (χ0v) is 38.2. The Labute approximate surface area is 365 Å². The van der Waals surface area contributed by atoms with E-state index in [-0.39, 0.29) is 0 Å².